The number of likely N-dealkylation sites (N-methyl/N-ethyl adjacent to an activating group) is 1. The molecule has 1 saturated heterocycles. The van der Waals surface area contributed by atoms with E-state index in [1.165, 1.54) is 0 Å². The number of hydrogen-bond acceptors (Lipinski definition) is 3. The molecule has 23 heavy (non-hydrogen) atoms. The van der Waals surface area contributed by atoms with Crippen molar-refractivity contribution in [3.05, 3.63) is 0 Å². The quantitative estimate of drug-likeness (QED) is 0.544. The molecule has 0 aromatic heterocycles. The Bertz CT molecular complexity index is 394. The van der Waals surface area contributed by atoms with Gasteiger partial charge in [-0.3, -0.25) is 9.79 Å². The molecule has 1 heterocycles. The molecule has 2 atom stereocenters. The number of hydrogen-bond donors (Lipinski definition) is 2. The van der Waals surface area contributed by atoms with Crippen LogP contribution in [0.4, 0.5) is 0 Å². The second-order valence-electron chi connectivity index (χ2n) is 7.02. The molecule has 6 heteroatoms. The van der Waals surface area contributed by atoms with Gasteiger partial charge in [-0.25, -0.2) is 0 Å². The fraction of sp³-hybridized carbons (Fsp3) is 0.882. The molecule has 1 fully saturated rings. The predicted octanol–water partition coefficient (Wildman–Crippen LogP) is 1.14. The molecule has 0 saturated carbocycles. The lowest BCUT2D eigenvalue weighted by molar-refractivity contribution is -0.129. The highest BCUT2D eigenvalue weighted by molar-refractivity contribution is 5.80. The van der Waals surface area contributed by atoms with Crippen LogP contribution < -0.4 is 10.6 Å². The summed E-state index contributed by atoms with van der Waals surface area (Å²) in [6.45, 7) is 8.91. The third kappa shape index (κ3) is 6.77. The number of guanidine groups is 1. The van der Waals surface area contributed by atoms with E-state index in [1.807, 2.05) is 11.8 Å². The van der Waals surface area contributed by atoms with Crippen molar-refractivity contribution in [2.45, 2.75) is 52.1 Å². The van der Waals surface area contributed by atoms with Crippen LogP contribution in [-0.2, 0) is 4.79 Å². The lowest BCUT2D eigenvalue weighted by Gasteiger charge is -2.27. The van der Waals surface area contributed by atoms with Crippen molar-refractivity contribution < 1.29 is 4.79 Å². The molecule has 6 nitrogen and oxygen atoms in total. The van der Waals surface area contributed by atoms with Gasteiger partial charge in [-0.2, -0.15) is 0 Å². The van der Waals surface area contributed by atoms with E-state index in [-0.39, 0.29) is 5.91 Å². The van der Waals surface area contributed by atoms with E-state index in [4.69, 9.17) is 0 Å². The third-order valence-electron chi connectivity index (χ3n) is 4.39. The van der Waals surface area contributed by atoms with Crippen LogP contribution in [-0.4, -0.2) is 74.5 Å². The normalized spacial score (nSPS) is 20.3. The monoisotopic (exact) mass is 325 g/mol. The minimum atomic E-state index is 0.238. The van der Waals surface area contributed by atoms with Crippen LogP contribution in [0.25, 0.3) is 0 Å². The van der Waals surface area contributed by atoms with Crippen LogP contribution in [0.2, 0.25) is 0 Å². The summed E-state index contributed by atoms with van der Waals surface area (Å²) in [6, 6.07) is 0.773. The molecule has 0 aliphatic carbocycles. The van der Waals surface area contributed by atoms with Crippen molar-refractivity contribution in [3.63, 3.8) is 0 Å². The van der Waals surface area contributed by atoms with E-state index in [9.17, 15) is 4.79 Å². The van der Waals surface area contributed by atoms with Gasteiger partial charge in [-0.05, 0) is 32.9 Å². The highest BCUT2D eigenvalue weighted by atomic mass is 16.2. The number of nitrogens with zero attached hydrogens (tertiary/aromatic N) is 3. The lowest BCUT2D eigenvalue weighted by atomic mass is 10.0. The van der Waals surface area contributed by atoms with Crippen molar-refractivity contribution in [1.29, 1.82) is 0 Å². The smallest absolute Gasteiger partial charge is 0.222 e. The molecule has 1 aliphatic heterocycles. The summed E-state index contributed by atoms with van der Waals surface area (Å²) in [5.74, 6) is 1.74. The minimum absolute atomic E-state index is 0.238. The Labute approximate surface area is 141 Å². The number of aliphatic imine (C=N–C) groups is 1. The van der Waals surface area contributed by atoms with Crippen molar-refractivity contribution >= 4 is 11.9 Å². The standard InChI is InChI=1S/C17H35N5O/c1-7-16(23)22-9-8-14(12-22)20-17(18-4)19-11-15(21(5)6)10-13(2)3/h13-15H,7-12H2,1-6H3,(H2,18,19,20). The fourth-order valence-electron chi connectivity index (χ4n) is 2.95. The van der Waals surface area contributed by atoms with Crippen LogP contribution in [0.5, 0.6) is 0 Å². The van der Waals surface area contributed by atoms with Gasteiger partial charge >= 0.3 is 0 Å². The minimum Gasteiger partial charge on any atom is -0.355 e. The highest BCUT2D eigenvalue weighted by Gasteiger charge is 2.26. The van der Waals surface area contributed by atoms with E-state index in [0.717, 1.165) is 38.4 Å². The summed E-state index contributed by atoms with van der Waals surface area (Å²) < 4.78 is 0. The lowest BCUT2D eigenvalue weighted by Crippen LogP contribution is -2.49. The highest BCUT2D eigenvalue weighted by Crippen LogP contribution is 2.11. The molecule has 1 aliphatic rings. The zero-order valence-electron chi connectivity index (χ0n) is 15.7. The first-order chi connectivity index (χ1) is 10.9. The number of carbonyl (C=O) groups is 1. The summed E-state index contributed by atoms with van der Waals surface area (Å²) in [4.78, 5) is 20.3. The molecule has 0 bridgehead atoms. The molecule has 2 N–H and O–H groups in total. The van der Waals surface area contributed by atoms with Crippen molar-refractivity contribution in [1.82, 2.24) is 20.4 Å². The van der Waals surface area contributed by atoms with Gasteiger partial charge in [0.05, 0.1) is 0 Å². The van der Waals surface area contributed by atoms with Crippen LogP contribution in [0.1, 0.15) is 40.0 Å². The van der Waals surface area contributed by atoms with Gasteiger partial charge < -0.3 is 20.4 Å². The second kappa shape index (κ2) is 9.75. The predicted molar refractivity (Wildman–Crippen MR) is 96.7 cm³/mol. The van der Waals surface area contributed by atoms with Crippen molar-refractivity contribution in [3.8, 4) is 0 Å². The third-order valence-corrected chi connectivity index (χ3v) is 4.39. The summed E-state index contributed by atoms with van der Waals surface area (Å²) in [6.07, 6.45) is 2.72. The zero-order valence-corrected chi connectivity index (χ0v) is 15.7. The summed E-state index contributed by atoms with van der Waals surface area (Å²) in [5, 5.41) is 6.88. The number of rotatable bonds is 7. The molecular formula is C17H35N5O. The maximum absolute atomic E-state index is 11.8. The molecule has 0 aromatic rings. The van der Waals surface area contributed by atoms with Crippen LogP contribution in [0.3, 0.4) is 0 Å². The second-order valence-corrected chi connectivity index (χ2v) is 7.02. The van der Waals surface area contributed by atoms with Crippen LogP contribution in [0.15, 0.2) is 4.99 Å². The van der Waals surface area contributed by atoms with E-state index in [0.29, 0.717) is 24.4 Å². The SMILES string of the molecule is CCC(=O)N1CCC(NC(=NC)NCC(CC(C)C)N(C)C)C1. The molecule has 0 spiro atoms. The molecule has 1 amide bonds. The molecule has 2 unspecified atom stereocenters. The Morgan fingerprint density at radius 2 is 2.09 bits per heavy atom. The Morgan fingerprint density at radius 1 is 1.39 bits per heavy atom. The van der Waals surface area contributed by atoms with E-state index in [2.05, 4.69) is 48.5 Å². The van der Waals surface area contributed by atoms with Gasteiger partial charge in [0.25, 0.3) is 0 Å². The average Bonchev–Trinajstić information content (AvgIpc) is 2.97. The summed E-state index contributed by atoms with van der Waals surface area (Å²) in [5.41, 5.74) is 0. The molecule has 0 aromatic carbocycles. The van der Waals surface area contributed by atoms with Crippen LogP contribution >= 0.6 is 0 Å². The topological polar surface area (TPSA) is 60.0 Å². The number of carbonyl (C=O) groups excluding carboxylic acids is 1. The fourth-order valence-corrected chi connectivity index (χ4v) is 2.95. The molecular weight excluding hydrogens is 290 g/mol. The van der Waals surface area contributed by atoms with Crippen molar-refractivity contribution in [2.24, 2.45) is 10.9 Å². The van der Waals surface area contributed by atoms with Gasteiger partial charge in [0.15, 0.2) is 5.96 Å². The number of nitrogens with one attached hydrogen (secondary N) is 2. The van der Waals surface area contributed by atoms with E-state index in [1.54, 1.807) is 7.05 Å². The van der Waals surface area contributed by atoms with Gasteiger partial charge in [0, 0.05) is 45.2 Å². The Balaban J connectivity index is 2.44. The van der Waals surface area contributed by atoms with Gasteiger partial charge in [-0.1, -0.05) is 20.8 Å². The average molecular weight is 326 g/mol. The first-order valence-electron chi connectivity index (χ1n) is 8.78. The summed E-state index contributed by atoms with van der Waals surface area (Å²) >= 11 is 0. The van der Waals surface area contributed by atoms with Gasteiger partial charge in [-0.15, -0.1) is 0 Å². The first kappa shape index (κ1) is 19.7. The van der Waals surface area contributed by atoms with E-state index >= 15 is 0 Å². The summed E-state index contributed by atoms with van der Waals surface area (Å²) in [7, 11) is 6.04. The maximum atomic E-state index is 11.8. The molecule has 134 valence electrons. The first-order valence-corrected chi connectivity index (χ1v) is 8.78. The van der Waals surface area contributed by atoms with Gasteiger partial charge in [0.1, 0.15) is 0 Å². The Hall–Kier alpha value is -1.30. The zero-order chi connectivity index (χ0) is 17.4. The molecule has 0 radical (unpaired) electrons. The number of amides is 1. The Morgan fingerprint density at radius 3 is 2.61 bits per heavy atom. The largest absolute Gasteiger partial charge is 0.355 e. The maximum Gasteiger partial charge on any atom is 0.222 e. The number of likely N-dealkylation sites (tertiary alicyclic amines) is 1. The van der Waals surface area contributed by atoms with Crippen molar-refractivity contribution in [2.75, 3.05) is 40.8 Å². The van der Waals surface area contributed by atoms with Gasteiger partial charge in [0.2, 0.25) is 5.91 Å². The van der Waals surface area contributed by atoms with E-state index < -0.39 is 0 Å². The molecule has 1 rings (SSSR count). The Kier molecular flexibility index (Phi) is 8.37. The van der Waals surface area contributed by atoms with Crippen LogP contribution in [0, 0.1) is 5.92 Å².